The summed E-state index contributed by atoms with van der Waals surface area (Å²) in [7, 11) is 0. The first kappa shape index (κ1) is 23.4. The molecule has 0 amide bonds. The highest BCUT2D eigenvalue weighted by Gasteiger charge is 2.32. The molecule has 8 nitrogen and oxygen atoms in total. The lowest BCUT2D eigenvalue weighted by molar-refractivity contribution is -0.141. The number of aryl methyl sites for hydroxylation is 1. The quantitative estimate of drug-likeness (QED) is 0.559. The Morgan fingerprint density at radius 3 is 2.47 bits per heavy atom. The van der Waals surface area contributed by atoms with Crippen molar-refractivity contribution in [2.75, 3.05) is 42.9 Å². The third-order valence-corrected chi connectivity index (χ3v) is 5.42. The van der Waals surface area contributed by atoms with Crippen LogP contribution in [-0.4, -0.2) is 63.7 Å². The molecule has 3 heterocycles. The van der Waals surface area contributed by atoms with E-state index in [1.165, 1.54) is 0 Å². The molecular formula is C23H23F3N6O2. The molecule has 34 heavy (non-hydrogen) atoms. The molecule has 4 rings (SSSR count). The second-order valence-electron chi connectivity index (χ2n) is 8.04. The molecule has 1 fully saturated rings. The fraction of sp³-hybridized carbons (Fsp3) is 0.304. The summed E-state index contributed by atoms with van der Waals surface area (Å²) in [4.78, 5) is 26.9. The number of aromatic nitrogens is 3. The number of halogens is 3. The number of alkyl halides is 3. The van der Waals surface area contributed by atoms with Crippen LogP contribution in [0.3, 0.4) is 0 Å². The van der Waals surface area contributed by atoms with E-state index in [0.29, 0.717) is 31.9 Å². The molecule has 3 aromatic rings. The molecule has 0 saturated carbocycles. The zero-order chi connectivity index (χ0) is 24.3. The van der Waals surface area contributed by atoms with E-state index in [1.54, 1.807) is 18.3 Å². The topological polar surface area (TPSA) is 94.5 Å². The fourth-order valence-electron chi connectivity index (χ4n) is 3.80. The maximum Gasteiger partial charge on any atom is 0.433 e. The second kappa shape index (κ2) is 9.64. The summed E-state index contributed by atoms with van der Waals surface area (Å²) < 4.78 is 38.8. The van der Waals surface area contributed by atoms with Gasteiger partial charge in [-0.25, -0.2) is 15.0 Å². The molecule has 1 saturated heterocycles. The lowest BCUT2D eigenvalue weighted by atomic mass is 10.0. The van der Waals surface area contributed by atoms with Gasteiger partial charge in [-0.15, -0.1) is 0 Å². The van der Waals surface area contributed by atoms with E-state index in [4.69, 9.17) is 5.11 Å². The van der Waals surface area contributed by atoms with Crippen LogP contribution in [0.25, 0.3) is 11.1 Å². The van der Waals surface area contributed by atoms with Crippen molar-refractivity contribution in [2.45, 2.75) is 13.1 Å². The molecule has 0 spiro atoms. The number of benzene rings is 1. The number of carbonyl (C=O) groups is 1. The third-order valence-electron chi connectivity index (χ3n) is 5.42. The van der Waals surface area contributed by atoms with Gasteiger partial charge in [0.2, 0.25) is 5.95 Å². The maximum atomic E-state index is 12.9. The van der Waals surface area contributed by atoms with Crippen LogP contribution in [-0.2, 0) is 11.0 Å². The Balaban J connectivity index is 1.47. The maximum absolute atomic E-state index is 12.9. The van der Waals surface area contributed by atoms with E-state index < -0.39 is 17.8 Å². The average Bonchev–Trinajstić information content (AvgIpc) is 2.79. The van der Waals surface area contributed by atoms with Gasteiger partial charge in [-0.3, -0.25) is 9.69 Å². The van der Waals surface area contributed by atoms with Crippen molar-refractivity contribution < 1.29 is 23.1 Å². The van der Waals surface area contributed by atoms with E-state index >= 15 is 0 Å². The molecule has 11 heteroatoms. The predicted molar refractivity (Wildman–Crippen MR) is 121 cm³/mol. The average molecular weight is 472 g/mol. The van der Waals surface area contributed by atoms with Gasteiger partial charge in [-0.05, 0) is 48.4 Å². The monoisotopic (exact) mass is 472 g/mol. The largest absolute Gasteiger partial charge is 0.480 e. The molecule has 1 aliphatic heterocycles. The normalized spacial score (nSPS) is 14.8. The van der Waals surface area contributed by atoms with Gasteiger partial charge in [-0.1, -0.05) is 6.07 Å². The lowest BCUT2D eigenvalue weighted by Crippen LogP contribution is -2.48. The van der Waals surface area contributed by atoms with Crippen molar-refractivity contribution in [3.05, 3.63) is 60.0 Å². The molecule has 0 atom stereocenters. The molecular weight excluding hydrogens is 449 g/mol. The highest BCUT2D eigenvalue weighted by Crippen LogP contribution is 2.30. The van der Waals surface area contributed by atoms with Crippen LogP contribution in [0, 0.1) is 6.92 Å². The minimum atomic E-state index is -4.55. The lowest BCUT2D eigenvalue weighted by Gasteiger charge is -2.34. The molecule has 0 unspecified atom stereocenters. The molecule has 1 aliphatic rings. The van der Waals surface area contributed by atoms with Gasteiger partial charge in [0.25, 0.3) is 0 Å². The molecule has 178 valence electrons. The van der Waals surface area contributed by atoms with Crippen LogP contribution in [0.1, 0.15) is 11.3 Å². The number of hydrogen-bond donors (Lipinski definition) is 2. The first-order chi connectivity index (χ1) is 16.2. The SMILES string of the molecule is Cc1cc(Nc2nccc(C(F)(F)F)n2)cc(-c2ccc(N3CCN(CC(=O)O)CC3)nc2)c1. The zero-order valence-electron chi connectivity index (χ0n) is 18.4. The van der Waals surface area contributed by atoms with Crippen molar-refractivity contribution in [2.24, 2.45) is 0 Å². The molecule has 0 radical (unpaired) electrons. The minimum Gasteiger partial charge on any atom is -0.480 e. The molecule has 2 aromatic heterocycles. The van der Waals surface area contributed by atoms with Gasteiger partial charge in [0.15, 0.2) is 0 Å². The Kier molecular flexibility index (Phi) is 6.64. The number of aliphatic carboxylic acids is 1. The van der Waals surface area contributed by atoms with Crippen LogP contribution in [0.5, 0.6) is 0 Å². The van der Waals surface area contributed by atoms with E-state index in [2.05, 4.69) is 25.2 Å². The van der Waals surface area contributed by atoms with Gasteiger partial charge in [0.05, 0.1) is 6.54 Å². The van der Waals surface area contributed by atoms with Gasteiger partial charge < -0.3 is 15.3 Å². The van der Waals surface area contributed by atoms with Crippen molar-refractivity contribution >= 4 is 23.4 Å². The number of hydrogen-bond acceptors (Lipinski definition) is 7. The number of carboxylic acid groups (broad SMARTS) is 1. The van der Waals surface area contributed by atoms with Crippen molar-refractivity contribution in [1.82, 2.24) is 19.9 Å². The Labute approximate surface area is 194 Å². The zero-order valence-corrected chi connectivity index (χ0v) is 18.4. The smallest absolute Gasteiger partial charge is 0.433 e. The first-order valence-corrected chi connectivity index (χ1v) is 10.6. The van der Waals surface area contributed by atoms with Crippen LogP contribution in [0.4, 0.5) is 30.6 Å². The van der Waals surface area contributed by atoms with Gasteiger partial charge in [0, 0.05) is 49.8 Å². The van der Waals surface area contributed by atoms with Crippen molar-refractivity contribution in [3.8, 4) is 11.1 Å². The number of nitrogens with one attached hydrogen (secondary N) is 1. The Hall–Kier alpha value is -3.73. The summed E-state index contributed by atoms with van der Waals surface area (Å²) in [5, 5.41) is 11.8. The summed E-state index contributed by atoms with van der Waals surface area (Å²) in [6, 6.07) is 10.2. The predicted octanol–water partition coefficient (Wildman–Crippen LogP) is 3.82. The number of piperazine rings is 1. The Bertz CT molecular complexity index is 1160. The highest BCUT2D eigenvalue weighted by atomic mass is 19.4. The number of anilines is 3. The third kappa shape index (κ3) is 5.79. The van der Waals surface area contributed by atoms with Crippen molar-refractivity contribution in [1.29, 1.82) is 0 Å². The van der Waals surface area contributed by atoms with Gasteiger partial charge in [-0.2, -0.15) is 13.2 Å². The summed E-state index contributed by atoms with van der Waals surface area (Å²) in [5.41, 5.74) is 2.16. The number of rotatable bonds is 6. The number of carboxylic acids is 1. The molecule has 2 N–H and O–H groups in total. The van der Waals surface area contributed by atoms with E-state index in [0.717, 1.165) is 34.8 Å². The van der Waals surface area contributed by atoms with Gasteiger partial charge in [0.1, 0.15) is 11.5 Å². The van der Waals surface area contributed by atoms with Crippen LogP contribution < -0.4 is 10.2 Å². The van der Waals surface area contributed by atoms with Crippen molar-refractivity contribution in [3.63, 3.8) is 0 Å². The van der Waals surface area contributed by atoms with Crippen LogP contribution >= 0.6 is 0 Å². The summed E-state index contributed by atoms with van der Waals surface area (Å²) in [6.07, 6.45) is -1.73. The second-order valence-corrected chi connectivity index (χ2v) is 8.04. The first-order valence-electron chi connectivity index (χ1n) is 10.6. The Morgan fingerprint density at radius 1 is 1.06 bits per heavy atom. The summed E-state index contributed by atoms with van der Waals surface area (Å²) in [6.45, 7) is 4.61. The highest BCUT2D eigenvalue weighted by molar-refractivity contribution is 5.71. The van der Waals surface area contributed by atoms with E-state index in [9.17, 15) is 18.0 Å². The van der Waals surface area contributed by atoms with Crippen LogP contribution in [0.2, 0.25) is 0 Å². The van der Waals surface area contributed by atoms with Crippen LogP contribution in [0.15, 0.2) is 48.8 Å². The van der Waals surface area contributed by atoms with E-state index in [-0.39, 0.29) is 12.5 Å². The number of nitrogens with zero attached hydrogens (tertiary/aromatic N) is 5. The number of pyridine rings is 1. The molecule has 1 aromatic carbocycles. The molecule has 0 bridgehead atoms. The fourth-order valence-corrected chi connectivity index (χ4v) is 3.80. The summed E-state index contributed by atoms with van der Waals surface area (Å²) >= 11 is 0. The Morgan fingerprint density at radius 2 is 1.82 bits per heavy atom. The van der Waals surface area contributed by atoms with Gasteiger partial charge >= 0.3 is 12.1 Å². The standard InChI is InChI=1S/C23H23F3N6O2/c1-15-10-17(12-18(11-15)29-22-27-5-4-19(30-22)23(24,25)26)16-2-3-20(28-13-16)32-8-6-31(7-9-32)14-21(33)34/h2-5,10-13H,6-9,14H2,1H3,(H,33,34)(H,27,29,30). The summed E-state index contributed by atoms with van der Waals surface area (Å²) in [5.74, 6) is -0.161. The molecule has 0 aliphatic carbocycles. The van der Waals surface area contributed by atoms with E-state index in [1.807, 2.05) is 30.0 Å². The minimum absolute atomic E-state index is 0.0372.